The normalized spacial score (nSPS) is 18.4. The van der Waals surface area contributed by atoms with Gasteiger partial charge in [-0.3, -0.25) is 4.90 Å². The quantitative estimate of drug-likeness (QED) is 0.485. The highest BCUT2D eigenvalue weighted by Gasteiger charge is 2.35. The minimum absolute atomic E-state index is 0.0683. The maximum atomic E-state index is 11.1. The first kappa shape index (κ1) is 23.3. The summed E-state index contributed by atoms with van der Waals surface area (Å²) >= 11 is 12.4. The van der Waals surface area contributed by atoms with E-state index >= 15 is 0 Å². The van der Waals surface area contributed by atoms with E-state index in [1.807, 2.05) is 61.5 Å². The second-order valence-corrected chi connectivity index (χ2v) is 9.63. The summed E-state index contributed by atoms with van der Waals surface area (Å²) in [4.78, 5) is 2.26. The predicted molar refractivity (Wildman–Crippen MR) is 131 cm³/mol. The van der Waals surface area contributed by atoms with E-state index in [1.54, 1.807) is 7.11 Å². The Hall–Kier alpha value is -1.82. The van der Waals surface area contributed by atoms with E-state index < -0.39 is 11.7 Å². The van der Waals surface area contributed by atoms with Crippen molar-refractivity contribution in [2.45, 2.75) is 43.9 Å². The molecule has 1 heterocycles. The monoisotopic (exact) mass is 473 g/mol. The van der Waals surface area contributed by atoms with E-state index in [-0.39, 0.29) is 6.04 Å². The number of ether oxygens (including phenoxy) is 1. The van der Waals surface area contributed by atoms with Crippen LogP contribution in [-0.2, 0) is 6.42 Å². The van der Waals surface area contributed by atoms with Gasteiger partial charge in [0.15, 0.2) is 0 Å². The number of likely N-dealkylation sites (tertiary alicyclic amines) is 1. The molecule has 2 N–H and O–H groups in total. The zero-order valence-electron chi connectivity index (χ0n) is 18.4. The van der Waals surface area contributed by atoms with Gasteiger partial charge in [-0.1, -0.05) is 53.5 Å². The number of piperidine rings is 1. The Morgan fingerprint density at radius 1 is 1.03 bits per heavy atom. The number of hydrogen-bond acceptors (Lipinski definition) is 4. The Bertz CT molecular complexity index is 1080. The zero-order chi connectivity index (χ0) is 22.9. The summed E-state index contributed by atoms with van der Waals surface area (Å²) in [6, 6.07) is 17.3. The van der Waals surface area contributed by atoms with Crippen molar-refractivity contribution in [1.29, 1.82) is 0 Å². The zero-order valence-corrected chi connectivity index (χ0v) is 19.9. The standard InChI is InChI=1S/C26H29Cl2NO3/c1-17(25(30)20-5-9-22-19(15-20)6-10-23(32-2)24(22)28)29-13-11-26(31,12-14-29)16-18-3-7-21(27)8-4-18/h3-10,15,17,25,30-31H,11-14,16H2,1-2H3/t17-,25-/m0/s1. The SMILES string of the molecule is COc1ccc2cc([C@@H](O)[C@H](C)N3CCC(O)(Cc4ccc(Cl)cc4)CC3)ccc2c1Cl. The lowest BCUT2D eigenvalue weighted by molar-refractivity contribution is -0.0456. The lowest BCUT2D eigenvalue weighted by Crippen LogP contribution is -2.49. The number of fused-ring (bicyclic) bond motifs is 1. The second-order valence-electron chi connectivity index (χ2n) is 8.81. The van der Waals surface area contributed by atoms with Crippen LogP contribution in [0.5, 0.6) is 5.75 Å². The number of aliphatic hydroxyl groups is 2. The smallest absolute Gasteiger partial charge is 0.138 e. The lowest BCUT2D eigenvalue weighted by Gasteiger charge is -2.42. The number of halogens is 2. The topological polar surface area (TPSA) is 52.9 Å². The van der Waals surface area contributed by atoms with Gasteiger partial charge in [0.25, 0.3) is 0 Å². The number of rotatable bonds is 6. The number of nitrogens with zero attached hydrogens (tertiary/aromatic N) is 1. The van der Waals surface area contributed by atoms with E-state index in [0.717, 1.165) is 35.0 Å². The number of hydrogen-bond donors (Lipinski definition) is 2. The summed E-state index contributed by atoms with van der Waals surface area (Å²) in [7, 11) is 1.60. The predicted octanol–water partition coefficient (Wildman–Crippen LogP) is 5.65. The van der Waals surface area contributed by atoms with Crippen LogP contribution in [0.25, 0.3) is 10.8 Å². The molecule has 3 aromatic carbocycles. The van der Waals surface area contributed by atoms with Gasteiger partial charge in [0.05, 0.1) is 23.8 Å². The number of benzene rings is 3. The summed E-state index contributed by atoms with van der Waals surface area (Å²) in [5.41, 5.74) is 1.21. The van der Waals surface area contributed by atoms with Gasteiger partial charge in [0.1, 0.15) is 5.75 Å². The van der Waals surface area contributed by atoms with E-state index in [1.165, 1.54) is 0 Å². The van der Waals surface area contributed by atoms with Crippen molar-refractivity contribution in [3.05, 3.63) is 75.8 Å². The van der Waals surface area contributed by atoms with Crippen molar-refractivity contribution in [2.24, 2.45) is 0 Å². The van der Waals surface area contributed by atoms with Crippen molar-refractivity contribution in [3.8, 4) is 5.75 Å². The van der Waals surface area contributed by atoms with Crippen LogP contribution in [0, 0.1) is 0 Å². The summed E-state index contributed by atoms with van der Waals surface area (Å²) in [5.74, 6) is 0.639. The molecule has 0 radical (unpaired) electrons. The van der Waals surface area contributed by atoms with Gasteiger partial charge < -0.3 is 14.9 Å². The molecular weight excluding hydrogens is 445 g/mol. The molecule has 0 bridgehead atoms. The molecule has 0 amide bonds. The highest BCUT2D eigenvalue weighted by molar-refractivity contribution is 6.37. The Balaban J connectivity index is 1.42. The first-order valence-electron chi connectivity index (χ1n) is 10.9. The van der Waals surface area contributed by atoms with Crippen LogP contribution < -0.4 is 4.74 Å². The molecule has 3 aromatic rings. The molecule has 0 unspecified atom stereocenters. The molecule has 170 valence electrons. The summed E-state index contributed by atoms with van der Waals surface area (Å²) in [6.45, 7) is 3.51. The maximum Gasteiger partial charge on any atom is 0.138 e. The summed E-state index contributed by atoms with van der Waals surface area (Å²) < 4.78 is 5.29. The van der Waals surface area contributed by atoms with Crippen LogP contribution in [0.2, 0.25) is 10.0 Å². The van der Waals surface area contributed by atoms with Crippen molar-refractivity contribution in [3.63, 3.8) is 0 Å². The van der Waals surface area contributed by atoms with Crippen LogP contribution in [0.1, 0.15) is 37.0 Å². The van der Waals surface area contributed by atoms with Gasteiger partial charge in [0.2, 0.25) is 0 Å². The minimum atomic E-state index is -0.728. The molecule has 32 heavy (non-hydrogen) atoms. The Morgan fingerprint density at radius 3 is 2.38 bits per heavy atom. The van der Waals surface area contributed by atoms with E-state index in [0.29, 0.717) is 35.1 Å². The highest BCUT2D eigenvalue weighted by atomic mass is 35.5. The molecule has 1 fully saturated rings. The van der Waals surface area contributed by atoms with Crippen LogP contribution >= 0.6 is 23.2 Å². The van der Waals surface area contributed by atoms with Gasteiger partial charge in [-0.15, -0.1) is 0 Å². The third-order valence-electron chi connectivity index (χ3n) is 6.71. The molecule has 6 heteroatoms. The largest absolute Gasteiger partial charge is 0.495 e. The first-order valence-corrected chi connectivity index (χ1v) is 11.7. The van der Waals surface area contributed by atoms with E-state index in [4.69, 9.17) is 27.9 Å². The van der Waals surface area contributed by atoms with Crippen LogP contribution in [-0.4, -0.2) is 47.0 Å². The van der Waals surface area contributed by atoms with Crippen LogP contribution in [0.4, 0.5) is 0 Å². The summed E-state index contributed by atoms with van der Waals surface area (Å²) in [5, 5.41) is 25.3. The fourth-order valence-electron chi connectivity index (χ4n) is 4.62. The molecule has 0 aliphatic carbocycles. The van der Waals surface area contributed by atoms with E-state index in [9.17, 15) is 10.2 Å². The third kappa shape index (κ3) is 4.90. The fourth-order valence-corrected chi connectivity index (χ4v) is 5.05. The molecule has 1 saturated heterocycles. The van der Waals surface area contributed by atoms with Crippen LogP contribution in [0.3, 0.4) is 0 Å². The third-order valence-corrected chi connectivity index (χ3v) is 7.35. The highest BCUT2D eigenvalue weighted by Crippen LogP contribution is 2.35. The van der Waals surface area contributed by atoms with Crippen molar-refractivity contribution < 1.29 is 14.9 Å². The Kier molecular flexibility index (Phi) is 6.99. The first-order chi connectivity index (χ1) is 15.3. The molecule has 1 aliphatic rings. The molecule has 4 rings (SSSR count). The van der Waals surface area contributed by atoms with Crippen molar-refractivity contribution >= 4 is 34.0 Å². The Labute approximate surface area is 199 Å². The Morgan fingerprint density at radius 2 is 1.72 bits per heavy atom. The molecule has 0 spiro atoms. The second kappa shape index (κ2) is 9.58. The minimum Gasteiger partial charge on any atom is -0.495 e. The average Bonchev–Trinajstić information content (AvgIpc) is 2.80. The van der Waals surface area contributed by atoms with Gasteiger partial charge in [-0.2, -0.15) is 0 Å². The van der Waals surface area contributed by atoms with Crippen LogP contribution in [0.15, 0.2) is 54.6 Å². The molecular formula is C26H29Cl2NO3. The number of methoxy groups -OCH3 is 1. The fraction of sp³-hybridized carbons (Fsp3) is 0.385. The molecule has 0 aromatic heterocycles. The van der Waals surface area contributed by atoms with Gasteiger partial charge >= 0.3 is 0 Å². The molecule has 2 atom stereocenters. The van der Waals surface area contributed by atoms with E-state index in [2.05, 4.69) is 4.90 Å². The van der Waals surface area contributed by atoms with Gasteiger partial charge in [-0.05, 0) is 60.5 Å². The average molecular weight is 474 g/mol. The van der Waals surface area contributed by atoms with Gasteiger partial charge in [-0.25, -0.2) is 0 Å². The summed E-state index contributed by atoms with van der Waals surface area (Å²) in [6.07, 6.45) is 1.31. The molecule has 4 nitrogen and oxygen atoms in total. The molecule has 1 aliphatic heterocycles. The van der Waals surface area contributed by atoms with Gasteiger partial charge in [0, 0.05) is 36.0 Å². The lowest BCUT2D eigenvalue weighted by atomic mass is 9.84. The maximum absolute atomic E-state index is 11.1. The number of aliphatic hydroxyl groups excluding tert-OH is 1. The van der Waals surface area contributed by atoms with Crippen molar-refractivity contribution in [1.82, 2.24) is 4.90 Å². The van der Waals surface area contributed by atoms with Crippen molar-refractivity contribution in [2.75, 3.05) is 20.2 Å². The molecule has 0 saturated carbocycles.